The first-order valence-corrected chi connectivity index (χ1v) is 6.73. The van der Waals surface area contributed by atoms with Gasteiger partial charge in [0.15, 0.2) is 0 Å². The van der Waals surface area contributed by atoms with E-state index in [0.29, 0.717) is 5.92 Å². The van der Waals surface area contributed by atoms with Gasteiger partial charge in [0, 0.05) is 29.7 Å². The molecule has 0 aliphatic heterocycles. The van der Waals surface area contributed by atoms with E-state index in [-0.39, 0.29) is 6.04 Å². The molecule has 3 rings (SSSR count). The van der Waals surface area contributed by atoms with Crippen LogP contribution in [0.3, 0.4) is 0 Å². The SMILES string of the molecule is CNC(c1cnccc1N)C1Cc2ccccc2C1. The number of nitrogens with two attached hydrogens (primary N) is 1. The van der Waals surface area contributed by atoms with Crippen LogP contribution in [0, 0.1) is 5.92 Å². The summed E-state index contributed by atoms with van der Waals surface area (Å²) >= 11 is 0. The number of fused-ring (bicyclic) bond motifs is 1. The van der Waals surface area contributed by atoms with Gasteiger partial charge in [-0.05, 0) is 43.0 Å². The Labute approximate surface area is 113 Å². The highest BCUT2D eigenvalue weighted by Gasteiger charge is 2.29. The summed E-state index contributed by atoms with van der Waals surface area (Å²) < 4.78 is 0. The summed E-state index contributed by atoms with van der Waals surface area (Å²) in [5.74, 6) is 0.550. The van der Waals surface area contributed by atoms with Crippen LogP contribution in [-0.4, -0.2) is 12.0 Å². The zero-order valence-electron chi connectivity index (χ0n) is 11.1. The van der Waals surface area contributed by atoms with E-state index in [1.54, 1.807) is 6.20 Å². The van der Waals surface area contributed by atoms with Gasteiger partial charge in [0.2, 0.25) is 0 Å². The standard InChI is InChI=1S/C16H19N3/c1-18-16(14-10-19-7-6-15(14)17)13-8-11-4-2-3-5-12(11)9-13/h2-7,10,13,16,18H,8-9H2,1H3,(H2,17,19). The van der Waals surface area contributed by atoms with Crippen LogP contribution in [0.1, 0.15) is 22.7 Å². The molecule has 1 aliphatic carbocycles. The van der Waals surface area contributed by atoms with Crippen LogP contribution in [-0.2, 0) is 12.8 Å². The molecule has 19 heavy (non-hydrogen) atoms. The molecular formula is C16H19N3. The van der Waals surface area contributed by atoms with Gasteiger partial charge in [-0.25, -0.2) is 0 Å². The van der Waals surface area contributed by atoms with E-state index >= 15 is 0 Å². The molecule has 0 fully saturated rings. The molecule has 0 bridgehead atoms. The fourth-order valence-corrected chi connectivity index (χ4v) is 3.15. The predicted octanol–water partition coefficient (Wildman–Crippen LogP) is 2.34. The van der Waals surface area contributed by atoms with Crippen molar-refractivity contribution in [1.29, 1.82) is 0 Å². The highest BCUT2D eigenvalue weighted by Crippen LogP contribution is 2.36. The Bertz CT molecular complexity index is 555. The van der Waals surface area contributed by atoms with Gasteiger partial charge in [-0.15, -0.1) is 0 Å². The molecule has 1 heterocycles. The number of anilines is 1. The first-order valence-electron chi connectivity index (χ1n) is 6.73. The summed E-state index contributed by atoms with van der Waals surface area (Å²) in [7, 11) is 2.00. The minimum absolute atomic E-state index is 0.265. The summed E-state index contributed by atoms with van der Waals surface area (Å²) in [4.78, 5) is 4.21. The summed E-state index contributed by atoms with van der Waals surface area (Å²) in [5, 5.41) is 3.42. The zero-order valence-corrected chi connectivity index (χ0v) is 11.1. The number of benzene rings is 1. The van der Waals surface area contributed by atoms with Gasteiger partial charge in [-0.3, -0.25) is 4.98 Å². The van der Waals surface area contributed by atoms with Gasteiger partial charge in [0.05, 0.1) is 0 Å². The van der Waals surface area contributed by atoms with Crippen LogP contribution in [0.15, 0.2) is 42.7 Å². The molecule has 1 unspecified atom stereocenters. The van der Waals surface area contributed by atoms with Crippen LogP contribution in [0.5, 0.6) is 0 Å². The van der Waals surface area contributed by atoms with Gasteiger partial charge in [0.25, 0.3) is 0 Å². The predicted molar refractivity (Wildman–Crippen MR) is 77.8 cm³/mol. The highest BCUT2D eigenvalue weighted by molar-refractivity contribution is 5.47. The summed E-state index contributed by atoms with van der Waals surface area (Å²) in [6.07, 6.45) is 5.85. The monoisotopic (exact) mass is 253 g/mol. The Morgan fingerprint density at radius 1 is 1.21 bits per heavy atom. The molecule has 0 amide bonds. The lowest BCUT2D eigenvalue weighted by Gasteiger charge is -2.24. The fourth-order valence-electron chi connectivity index (χ4n) is 3.15. The number of rotatable bonds is 3. The van der Waals surface area contributed by atoms with E-state index in [1.807, 2.05) is 19.3 Å². The molecule has 1 aliphatic rings. The Kier molecular flexibility index (Phi) is 3.22. The van der Waals surface area contributed by atoms with Crippen molar-refractivity contribution in [1.82, 2.24) is 10.3 Å². The average Bonchev–Trinajstić information content (AvgIpc) is 2.85. The van der Waals surface area contributed by atoms with Crippen molar-refractivity contribution in [2.24, 2.45) is 5.92 Å². The first kappa shape index (κ1) is 12.2. The van der Waals surface area contributed by atoms with Crippen molar-refractivity contribution in [3.63, 3.8) is 0 Å². The largest absolute Gasteiger partial charge is 0.398 e. The van der Waals surface area contributed by atoms with Crippen LogP contribution in [0.25, 0.3) is 0 Å². The molecule has 2 aromatic rings. The number of nitrogen functional groups attached to an aromatic ring is 1. The second-order valence-corrected chi connectivity index (χ2v) is 5.21. The number of hydrogen-bond donors (Lipinski definition) is 2. The van der Waals surface area contributed by atoms with E-state index in [4.69, 9.17) is 5.73 Å². The van der Waals surface area contributed by atoms with Crippen molar-refractivity contribution in [3.05, 3.63) is 59.4 Å². The van der Waals surface area contributed by atoms with E-state index in [1.165, 1.54) is 11.1 Å². The zero-order chi connectivity index (χ0) is 13.2. The quantitative estimate of drug-likeness (QED) is 0.882. The number of nitrogens with one attached hydrogen (secondary N) is 1. The maximum Gasteiger partial charge on any atom is 0.0393 e. The Hall–Kier alpha value is -1.87. The Morgan fingerprint density at radius 3 is 2.47 bits per heavy atom. The molecule has 3 heteroatoms. The summed E-state index contributed by atoms with van der Waals surface area (Å²) in [5.41, 5.74) is 11.0. The fraction of sp³-hybridized carbons (Fsp3) is 0.312. The Morgan fingerprint density at radius 2 is 1.89 bits per heavy atom. The van der Waals surface area contributed by atoms with Crippen LogP contribution in [0.4, 0.5) is 5.69 Å². The Balaban J connectivity index is 1.88. The third-order valence-electron chi connectivity index (χ3n) is 4.09. The molecular weight excluding hydrogens is 234 g/mol. The topological polar surface area (TPSA) is 50.9 Å². The van der Waals surface area contributed by atoms with Crippen molar-refractivity contribution in [2.45, 2.75) is 18.9 Å². The minimum atomic E-state index is 0.265. The average molecular weight is 253 g/mol. The molecule has 3 N–H and O–H groups in total. The molecule has 0 spiro atoms. The lowest BCUT2D eigenvalue weighted by molar-refractivity contribution is 0.397. The van der Waals surface area contributed by atoms with Gasteiger partial charge >= 0.3 is 0 Å². The lowest BCUT2D eigenvalue weighted by atomic mass is 9.91. The van der Waals surface area contributed by atoms with Crippen LogP contribution >= 0.6 is 0 Å². The molecule has 3 nitrogen and oxygen atoms in total. The second-order valence-electron chi connectivity index (χ2n) is 5.21. The highest BCUT2D eigenvalue weighted by atomic mass is 14.9. The molecule has 1 atom stereocenters. The lowest BCUT2D eigenvalue weighted by Crippen LogP contribution is -2.26. The molecule has 1 aromatic carbocycles. The van der Waals surface area contributed by atoms with Gasteiger partial charge in [0.1, 0.15) is 0 Å². The number of aromatic nitrogens is 1. The van der Waals surface area contributed by atoms with Gasteiger partial charge in [-0.1, -0.05) is 24.3 Å². The van der Waals surface area contributed by atoms with E-state index in [2.05, 4.69) is 34.6 Å². The van der Waals surface area contributed by atoms with Crippen LogP contribution < -0.4 is 11.1 Å². The van der Waals surface area contributed by atoms with Crippen LogP contribution in [0.2, 0.25) is 0 Å². The number of nitrogens with zero attached hydrogens (tertiary/aromatic N) is 1. The van der Waals surface area contributed by atoms with Crippen molar-refractivity contribution in [2.75, 3.05) is 12.8 Å². The van der Waals surface area contributed by atoms with E-state index < -0.39 is 0 Å². The van der Waals surface area contributed by atoms with Gasteiger partial charge in [-0.2, -0.15) is 0 Å². The molecule has 0 saturated heterocycles. The summed E-state index contributed by atoms with van der Waals surface area (Å²) in [6.45, 7) is 0. The number of hydrogen-bond acceptors (Lipinski definition) is 3. The molecule has 0 radical (unpaired) electrons. The third kappa shape index (κ3) is 2.22. The minimum Gasteiger partial charge on any atom is -0.398 e. The second kappa shape index (κ2) is 5.02. The molecule has 1 aromatic heterocycles. The smallest absolute Gasteiger partial charge is 0.0393 e. The van der Waals surface area contributed by atoms with Crippen molar-refractivity contribution >= 4 is 5.69 Å². The van der Waals surface area contributed by atoms with Crippen molar-refractivity contribution in [3.8, 4) is 0 Å². The van der Waals surface area contributed by atoms with E-state index in [9.17, 15) is 0 Å². The number of pyridine rings is 1. The van der Waals surface area contributed by atoms with Crippen molar-refractivity contribution < 1.29 is 0 Å². The summed E-state index contributed by atoms with van der Waals surface area (Å²) in [6, 6.07) is 10.8. The normalized spacial score (nSPS) is 16.3. The third-order valence-corrected chi connectivity index (χ3v) is 4.09. The molecule has 0 saturated carbocycles. The van der Waals surface area contributed by atoms with Gasteiger partial charge < -0.3 is 11.1 Å². The maximum atomic E-state index is 6.09. The maximum absolute atomic E-state index is 6.09. The molecule has 98 valence electrons. The van der Waals surface area contributed by atoms with E-state index in [0.717, 1.165) is 24.1 Å². The first-order chi connectivity index (χ1) is 9.29.